The van der Waals surface area contributed by atoms with Crippen molar-refractivity contribution in [3.8, 4) is 5.75 Å². The summed E-state index contributed by atoms with van der Waals surface area (Å²) in [6.45, 7) is 0.173. The average molecular weight is 257 g/mol. The highest BCUT2D eigenvalue weighted by atomic mass is 16.6. The van der Waals surface area contributed by atoms with Crippen LogP contribution in [0.2, 0.25) is 0 Å². The fourth-order valence-corrected chi connectivity index (χ4v) is 1.67. The Bertz CT molecular complexity index is 596. The lowest BCUT2D eigenvalue weighted by Gasteiger charge is -2.08. The fraction of sp³-hybridized carbons (Fsp3) is 0.0714. The maximum Gasteiger partial charge on any atom is 0.311 e. The molecule has 0 spiro atoms. The zero-order chi connectivity index (χ0) is 13.7. The van der Waals surface area contributed by atoms with Crippen molar-refractivity contribution < 1.29 is 14.5 Å². The number of nitro groups is 1. The second-order valence-corrected chi connectivity index (χ2v) is 3.84. The number of para-hydroxylation sites is 1. The van der Waals surface area contributed by atoms with Crippen LogP contribution in [-0.4, -0.2) is 11.2 Å². The highest BCUT2D eigenvalue weighted by Gasteiger charge is 2.18. The van der Waals surface area contributed by atoms with Gasteiger partial charge < -0.3 is 4.74 Å². The van der Waals surface area contributed by atoms with E-state index in [1.165, 1.54) is 18.2 Å². The number of nitro benzene ring substituents is 1. The van der Waals surface area contributed by atoms with Crippen LogP contribution in [0.25, 0.3) is 0 Å². The van der Waals surface area contributed by atoms with Crippen LogP contribution in [0.1, 0.15) is 15.9 Å². The maximum absolute atomic E-state index is 10.9. The first-order valence-electron chi connectivity index (χ1n) is 5.61. The molecule has 0 bridgehead atoms. The summed E-state index contributed by atoms with van der Waals surface area (Å²) in [5, 5.41) is 10.9. The van der Waals surface area contributed by atoms with Crippen molar-refractivity contribution in [3.05, 3.63) is 69.8 Å². The van der Waals surface area contributed by atoms with E-state index in [0.717, 1.165) is 5.56 Å². The van der Waals surface area contributed by atoms with Crippen molar-refractivity contribution in [2.24, 2.45) is 0 Å². The van der Waals surface area contributed by atoms with Crippen LogP contribution in [0.4, 0.5) is 5.69 Å². The van der Waals surface area contributed by atoms with E-state index in [2.05, 4.69) is 0 Å². The standard InChI is InChI=1S/C14H11NO4/c16-9-12-7-4-8-13(15(17)18)14(12)19-10-11-5-2-1-3-6-11/h1-9H,10H2. The van der Waals surface area contributed by atoms with E-state index >= 15 is 0 Å². The van der Waals surface area contributed by atoms with Crippen LogP contribution < -0.4 is 4.74 Å². The molecular formula is C14H11NO4. The molecule has 0 aliphatic rings. The molecule has 0 heterocycles. The third-order valence-corrected chi connectivity index (χ3v) is 2.57. The first-order chi connectivity index (χ1) is 9.22. The summed E-state index contributed by atoms with van der Waals surface area (Å²) >= 11 is 0. The molecule has 0 aromatic heterocycles. The lowest BCUT2D eigenvalue weighted by atomic mass is 10.2. The van der Waals surface area contributed by atoms with Gasteiger partial charge in [-0.05, 0) is 11.6 Å². The largest absolute Gasteiger partial charge is 0.481 e. The summed E-state index contributed by atoms with van der Waals surface area (Å²) in [6, 6.07) is 13.5. The monoisotopic (exact) mass is 257 g/mol. The van der Waals surface area contributed by atoms with Crippen molar-refractivity contribution in [1.29, 1.82) is 0 Å². The maximum atomic E-state index is 10.9. The molecule has 0 radical (unpaired) electrons. The quantitative estimate of drug-likeness (QED) is 0.469. The van der Waals surface area contributed by atoms with Gasteiger partial charge in [0.25, 0.3) is 0 Å². The van der Waals surface area contributed by atoms with Gasteiger partial charge >= 0.3 is 5.69 Å². The Morgan fingerprint density at radius 3 is 2.47 bits per heavy atom. The van der Waals surface area contributed by atoms with Crippen LogP contribution >= 0.6 is 0 Å². The van der Waals surface area contributed by atoms with Crippen molar-refractivity contribution in [2.45, 2.75) is 6.61 Å². The number of rotatable bonds is 5. The van der Waals surface area contributed by atoms with E-state index in [1.54, 1.807) is 0 Å². The second kappa shape index (κ2) is 5.77. The van der Waals surface area contributed by atoms with Gasteiger partial charge in [-0.2, -0.15) is 0 Å². The van der Waals surface area contributed by atoms with E-state index in [1.807, 2.05) is 30.3 Å². The summed E-state index contributed by atoms with van der Waals surface area (Å²) in [5.41, 5.74) is 0.836. The molecule has 0 N–H and O–H groups in total. The molecule has 2 aromatic carbocycles. The molecule has 2 aromatic rings. The van der Waals surface area contributed by atoms with E-state index in [-0.39, 0.29) is 23.6 Å². The third-order valence-electron chi connectivity index (χ3n) is 2.57. The number of nitrogens with zero attached hydrogens (tertiary/aromatic N) is 1. The van der Waals surface area contributed by atoms with E-state index in [0.29, 0.717) is 6.29 Å². The SMILES string of the molecule is O=Cc1cccc([N+](=O)[O-])c1OCc1ccccc1. The summed E-state index contributed by atoms with van der Waals surface area (Å²) in [4.78, 5) is 21.3. The van der Waals surface area contributed by atoms with Crippen LogP contribution in [0, 0.1) is 10.1 Å². The molecule has 0 aliphatic heterocycles. The molecule has 5 nitrogen and oxygen atoms in total. The minimum absolute atomic E-state index is 0.00588. The number of aldehydes is 1. The van der Waals surface area contributed by atoms with Crippen molar-refractivity contribution in [1.82, 2.24) is 0 Å². The highest BCUT2D eigenvalue weighted by molar-refractivity contribution is 5.82. The van der Waals surface area contributed by atoms with Gasteiger partial charge in [-0.1, -0.05) is 36.4 Å². The van der Waals surface area contributed by atoms with Gasteiger partial charge in [-0.3, -0.25) is 14.9 Å². The van der Waals surface area contributed by atoms with Crippen LogP contribution in [0.5, 0.6) is 5.75 Å². The fourth-order valence-electron chi connectivity index (χ4n) is 1.67. The molecule has 0 amide bonds. The van der Waals surface area contributed by atoms with Gasteiger partial charge in [0.15, 0.2) is 6.29 Å². The lowest BCUT2D eigenvalue weighted by molar-refractivity contribution is -0.386. The zero-order valence-corrected chi connectivity index (χ0v) is 9.98. The van der Waals surface area contributed by atoms with Crippen molar-refractivity contribution >= 4 is 12.0 Å². The van der Waals surface area contributed by atoms with Gasteiger partial charge in [-0.15, -0.1) is 0 Å². The summed E-state index contributed by atoms with van der Waals surface area (Å²) < 4.78 is 5.43. The topological polar surface area (TPSA) is 69.4 Å². The Labute approximate surface area is 109 Å². The molecule has 19 heavy (non-hydrogen) atoms. The second-order valence-electron chi connectivity index (χ2n) is 3.84. The summed E-state index contributed by atoms with van der Waals surface area (Å²) in [7, 11) is 0. The lowest BCUT2D eigenvalue weighted by Crippen LogP contribution is -2.02. The molecule has 0 saturated heterocycles. The minimum atomic E-state index is -0.562. The van der Waals surface area contributed by atoms with Gasteiger partial charge in [-0.25, -0.2) is 0 Å². The summed E-state index contributed by atoms with van der Waals surface area (Å²) in [5.74, 6) is 0.00588. The first-order valence-corrected chi connectivity index (χ1v) is 5.61. The predicted molar refractivity (Wildman–Crippen MR) is 69.3 cm³/mol. The first kappa shape index (κ1) is 12.8. The average Bonchev–Trinajstić information content (AvgIpc) is 2.45. The van der Waals surface area contributed by atoms with Crippen molar-refractivity contribution in [3.63, 3.8) is 0 Å². The number of hydrogen-bond acceptors (Lipinski definition) is 4. The highest BCUT2D eigenvalue weighted by Crippen LogP contribution is 2.30. The molecule has 5 heteroatoms. The molecule has 0 atom stereocenters. The Balaban J connectivity index is 2.28. The Hall–Kier alpha value is -2.69. The normalized spacial score (nSPS) is 9.89. The van der Waals surface area contributed by atoms with Crippen LogP contribution in [-0.2, 0) is 6.61 Å². The van der Waals surface area contributed by atoms with Gasteiger partial charge in [0.05, 0.1) is 10.5 Å². The van der Waals surface area contributed by atoms with Crippen LogP contribution in [0.3, 0.4) is 0 Å². The molecule has 2 rings (SSSR count). The molecular weight excluding hydrogens is 246 g/mol. The van der Waals surface area contributed by atoms with E-state index in [4.69, 9.17) is 4.74 Å². The van der Waals surface area contributed by atoms with E-state index < -0.39 is 4.92 Å². The predicted octanol–water partition coefficient (Wildman–Crippen LogP) is 2.99. The van der Waals surface area contributed by atoms with Gasteiger partial charge in [0, 0.05) is 6.07 Å². The molecule has 0 aliphatic carbocycles. The third kappa shape index (κ3) is 2.95. The number of carbonyl (C=O) groups is 1. The zero-order valence-electron chi connectivity index (χ0n) is 9.98. The summed E-state index contributed by atoms with van der Waals surface area (Å²) in [6.07, 6.45) is 0.549. The molecule has 0 fully saturated rings. The number of ether oxygens (including phenoxy) is 1. The Morgan fingerprint density at radius 1 is 1.11 bits per heavy atom. The molecule has 0 saturated carbocycles. The molecule has 96 valence electrons. The molecule has 0 unspecified atom stereocenters. The number of carbonyl (C=O) groups excluding carboxylic acids is 1. The number of benzene rings is 2. The van der Waals surface area contributed by atoms with E-state index in [9.17, 15) is 14.9 Å². The van der Waals surface area contributed by atoms with Crippen molar-refractivity contribution in [2.75, 3.05) is 0 Å². The number of hydrogen-bond donors (Lipinski definition) is 0. The van der Waals surface area contributed by atoms with Gasteiger partial charge in [0.2, 0.25) is 5.75 Å². The minimum Gasteiger partial charge on any atom is -0.481 e. The van der Waals surface area contributed by atoms with Gasteiger partial charge in [0.1, 0.15) is 6.61 Å². The Kier molecular flexibility index (Phi) is 3.87. The van der Waals surface area contributed by atoms with Crippen LogP contribution in [0.15, 0.2) is 48.5 Å². The Morgan fingerprint density at radius 2 is 1.84 bits per heavy atom. The smallest absolute Gasteiger partial charge is 0.311 e.